The summed E-state index contributed by atoms with van der Waals surface area (Å²) in [6.07, 6.45) is 4.12. The Bertz CT molecular complexity index is 1290. The zero-order valence-electron chi connectivity index (χ0n) is 17.6. The topological polar surface area (TPSA) is 140 Å². The largest absolute Gasteiger partial charge is 0.396 e. The maximum absolute atomic E-state index is 13.0. The number of aliphatic hydroxyl groups excluding tert-OH is 1. The number of pyridine rings is 1. The summed E-state index contributed by atoms with van der Waals surface area (Å²) in [5.74, 6) is -1.05. The zero-order chi connectivity index (χ0) is 22.8. The molecule has 4 rings (SSSR count). The molecular formula is C22H23N7O3. The summed E-state index contributed by atoms with van der Waals surface area (Å²) in [4.78, 5) is 30.0. The SMILES string of the molecule is CC(O)CNC(=O)c1cnn(C)c1C(=O)Nc1cc2nc(-c3ccccc3)cn2cc1N. The van der Waals surface area contributed by atoms with E-state index in [1.807, 2.05) is 36.5 Å². The quantitative estimate of drug-likeness (QED) is 0.365. The second-order valence-electron chi connectivity index (χ2n) is 7.44. The Balaban J connectivity index is 1.61. The molecule has 1 atom stereocenters. The number of hydrogen-bond donors (Lipinski definition) is 4. The Morgan fingerprint density at radius 2 is 1.94 bits per heavy atom. The highest BCUT2D eigenvalue weighted by Gasteiger charge is 2.23. The van der Waals surface area contributed by atoms with Crippen LogP contribution in [0.1, 0.15) is 27.8 Å². The van der Waals surface area contributed by atoms with Gasteiger partial charge in [0.15, 0.2) is 0 Å². The van der Waals surface area contributed by atoms with Crippen molar-refractivity contribution < 1.29 is 14.7 Å². The summed E-state index contributed by atoms with van der Waals surface area (Å²) >= 11 is 0. The predicted octanol–water partition coefficient (Wildman–Crippen LogP) is 1.68. The number of carbonyl (C=O) groups excluding carboxylic acids is 2. The van der Waals surface area contributed by atoms with Crippen molar-refractivity contribution in [3.8, 4) is 11.3 Å². The number of hydrogen-bond acceptors (Lipinski definition) is 6. The van der Waals surface area contributed by atoms with Gasteiger partial charge in [0.1, 0.15) is 11.3 Å². The van der Waals surface area contributed by atoms with Crippen LogP contribution in [-0.4, -0.2) is 48.7 Å². The van der Waals surface area contributed by atoms with Gasteiger partial charge < -0.3 is 25.9 Å². The summed E-state index contributed by atoms with van der Waals surface area (Å²) < 4.78 is 3.09. The van der Waals surface area contributed by atoms with Gasteiger partial charge in [-0.25, -0.2) is 4.98 Å². The molecule has 0 saturated heterocycles. The van der Waals surface area contributed by atoms with E-state index >= 15 is 0 Å². The average Bonchev–Trinajstić information content (AvgIpc) is 3.36. The van der Waals surface area contributed by atoms with Crippen molar-refractivity contribution in [2.24, 2.45) is 7.05 Å². The molecule has 32 heavy (non-hydrogen) atoms. The number of nitrogen functional groups attached to an aromatic ring is 1. The third-order valence-electron chi connectivity index (χ3n) is 4.90. The maximum atomic E-state index is 13.0. The first-order chi connectivity index (χ1) is 15.3. The lowest BCUT2D eigenvalue weighted by atomic mass is 10.2. The lowest BCUT2D eigenvalue weighted by molar-refractivity contribution is 0.0913. The van der Waals surface area contributed by atoms with Gasteiger partial charge in [-0.1, -0.05) is 30.3 Å². The number of benzene rings is 1. The minimum atomic E-state index is -0.713. The first kappa shape index (κ1) is 21.1. The number of anilines is 2. The highest BCUT2D eigenvalue weighted by atomic mass is 16.3. The van der Waals surface area contributed by atoms with E-state index in [-0.39, 0.29) is 17.8 Å². The molecule has 0 aliphatic rings. The number of carbonyl (C=O) groups is 2. The highest BCUT2D eigenvalue weighted by Crippen LogP contribution is 2.25. The lowest BCUT2D eigenvalue weighted by Gasteiger charge is -2.11. The predicted molar refractivity (Wildman–Crippen MR) is 120 cm³/mol. The zero-order valence-corrected chi connectivity index (χ0v) is 17.6. The van der Waals surface area contributed by atoms with Crippen molar-refractivity contribution in [3.05, 3.63) is 66.2 Å². The van der Waals surface area contributed by atoms with Crippen LogP contribution in [0.3, 0.4) is 0 Å². The number of nitrogens with zero attached hydrogens (tertiary/aromatic N) is 4. The second-order valence-corrected chi connectivity index (χ2v) is 7.44. The van der Waals surface area contributed by atoms with Crippen LogP contribution in [0.25, 0.3) is 16.9 Å². The molecule has 1 unspecified atom stereocenters. The molecule has 5 N–H and O–H groups in total. The van der Waals surface area contributed by atoms with E-state index in [2.05, 4.69) is 20.7 Å². The third-order valence-corrected chi connectivity index (χ3v) is 4.90. The Morgan fingerprint density at radius 1 is 1.19 bits per heavy atom. The Hall–Kier alpha value is -4.18. The number of aromatic nitrogens is 4. The summed E-state index contributed by atoms with van der Waals surface area (Å²) in [6.45, 7) is 1.61. The fourth-order valence-electron chi connectivity index (χ4n) is 3.30. The van der Waals surface area contributed by atoms with Gasteiger partial charge >= 0.3 is 0 Å². The number of fused-ring (bicyclic) bond motifs is 1. The number of nitrogens with one attached hydrogen (secondary N) is 2. The number of imidazole rings is 1. The number of rotatable bonds is 6. The van der Waals surface area contributed by atoms with Gasteiger partial charge in [-0.05, 0) is 6.92 Å². The van der Waals surface area contributed by atoms with Gasteiger partial charge in [0, 0.05) is 37.6 Å². The van der Waals surface area contributed by atoms with E-state index in [1.54, 1.807) is 30.6 Å². The highest BCUT2D eigenvalue weighted by molar-refractivity contribution is 6.12. The van der Waals surface area contributed by atoms with Crippen molar-refractivity contribution in [2.45, 2.75) is 13.0 Å². The molecule has 10 heteroatoms. The number of aliphatic hydroxyl groups is 1. The van der Waals surface area contributed by atoms with Crippen LogP contribution >= 0.6 is 0 Å². The van der Waals surface area contributed by atoms with Crippen LogP contribution < -0.4 is 16.4 Å². The summed E-state index contributed by atoms with van der Waals surface area (Å²) in [5.41, 5.74) is 9.37. The fourth-order valence-corrected chi connectivity index (χ4v) is 3.30. The van der Waals surface area contributed by atoms with Crippen LogP contribution in [0.2, 0.25) is 0 Å². The van der Waals surface area contributed by atoms with E-state index < -0.39 is 17.9 Å². The lowest BCUT2D eigenvalue weighted by Crippen LogP contribution is -2.32. The molecule has 0 aliphatic carbocycles. The van der Waals surface area contributed by atoms with Gasteiger partial charge in [-0.2, -0.15) is 5.10 Å². The van der Waals surface area contributed by atoms with Crippen molar-refractivity contribution in [1.29, 1.82) is 0 Å². The van der Waals surface area contributed by atoms with Crippen LogP contribution in [-0.2, 0) is 7.05 Å². The van der Waals surface area contributed by atoms with E-state index in [1.165, 1.54) is 10.9 Å². The smallest absolute Gasteiger partial charge is 0.274 e. The Labute approximate surface area is 183 Å². The van der Waals surface area contributed by atoms with Crippen LogP contribution in [0, 0.1) is 0 Å². The number of nitrogens with two attached hydrogens (primary N) is 1. The molecule has 3 aromatic heterocycles. The molecule has 0 fully saturated rings. The molecule has 1 aromatic carbocycles. The minimum Gasteiger partial charge on any atom is -0.396 e. The van der Waals surface area contributed by atoms with Crippen molar-refractivity contribution in [2.75, 3.05) is 17.6 Å². The molecule has 3 heterocycles. The Morgan fingerprint density at radius 3 is 2.66 bits per heavy atom. The summed E-state index contributed by atoms with van der Waals surface area (Å²) in [6, 6.07) is 11.4. The fraction of sp³-hybridized carbons (Fsp3) is 0.182. The monoisotopic (exact) mass is 433 g/mol. The minimum absolute atomic E-state index is 0.0576. The second kappa shape index (κ2) is 8.52. The normalized spacial score (nSPS) is 12.0. The molecule has 0 spiro atoms. The molecule has 10 nitrogen and oxygen atoms in total. The molecule has 4 aromatic rings. The molecule has 0 saturated carbocycles. The Kier molecular flexibility index (Phi) is 5.61. The van der Waals surface area contributed by atoms with Crippen molar-refractivity contribution in [1.82, 2.24) is 24.5 Å². The molecular weight excluding hydrogens is 410 g/mol. The number of aryl methyl sites for hydroxylation is 1. The first-order valence-electron chi connectivity index (χ1n) is 9.96. The van der Waals surface area contributed by atoms with Crippen LogP contribution in [0.15, 0.2) is 55.0 Å². The molecule has 164 valence electrons. The standard InChI is InChI=1S/C22H23N7O3/c1-13(30)9-24-21(31)15-10-25-28(2)20(15)22(32)27-17-8-19-26-18(12-29(19)11-16(17)23)14-6-4-3-5-7-14/h3-8,10-13,30H,9,23H2,1-2H3,(H,24,31)(H,27,32). The average molecular weight is 433 g/mol. The third kappa shape index (κ3) is 4.16. The van der Waals surface area contributed by atoms with E-state index in [0.717, 1.165) is 11.3 Å². The van der Waals surface area contributed by atoms with Crippen LogP contribution in [0.4, 0.5) is 11.4 Å². The molecule has 0 aliphatic heterocycles. The first-order valence-corrected chi connectivity index (χ1v) is 9.96. The van der Waals surface area contributed by atoms with Crippen LogP contribution in [0.5, 0.6) is 0 Å². The van der Waals surface area contributed by atoms with Crippen molar-refractivity contribution in [3.63, 3.8) is 0 Å². The molecule has 2 amide bonds. The maximum Gasteiger partial charge on any atom is 0.274 e. The van der Waals surface area contributed by atoms with E-state index in [4.69, 9.17) is 5.73 Å². The van der Waals surface area contributed by atoms with Crippen molar-refractivity contribution >= 4 is 28.8 Å². The summed E-state index contributed by atoms with van der Waals surface area (Å²) in [7, 11) is 1.56. The number of amides is 2. The van der Waals surface area contributed by atoms with Gasteiger partial charge in [0.05, 0.1) is 34.9 Å². The van der Waals surface area contributed by atoms with Gasteiger partial charge in [0.2, 0.25) is 0 Å². The van der Waals surface area contributed by atoms with Gasteiger partial charge in [0.25, 0.3) is 11.8 Å². The molecule has 0 radical (unpaired) electrons. The van der Waals surface area contributed by atoms with Gasteiger partial charge in [-0.15, -0.1) is 0 Å². The van der Waals surface area contributed by atoms with E-state index in [9.17, 15) is 14.7 Å². The summed E-state index contributed by atoms with van der Waals surface area (Å²) in [5, 5.41) is 18.7. The van der Waals surface area contributed by atoms with E-state index in [0.29, 0.717) is 17.0 Å². The molecule has 0 bridgehead atoms. The van der Waals surface area contributed by atoms with Gasteiger partial charge in [-0.3, -0.25) is 14.3 Å².